The van der Waals surface area contributed by atoms with Gasteiger partial charge >= 0.3 is 12.1 Å². The predicted molar refractivity (Wildman–Crippen MR) is 181 cm³/mol. The van der Waals surface area contributed by atoms with Crippen LogP contribution in [0.1, 0.15) is 94.9 Å². The maximum atomic E-state index is 13.7. The Morgan fingerprint density at radius 2 is 1.86 bits per heavy atom. The van der Waals surface area contributed by atoms with Gasteiger partial charge in [-0.15, -0.1) is 0 Å². The second-order valence-electron chi connectivity index (χ2n) is 13.6. The molecule has 3 heterocycles. The molecule has 2 saturated heterocycles. The van der Waals surface area contributed by atoms with Gasteiger partial charge in [-0.05, 0) is 87.6 Å². The Balaban J connectivity index is 1.30. The van der Waals surface area contributed by atoms with Crippen LogP contribution < -0.4 is 10.1 Å². The Morgan fingerprint density at radius 1 is 1.10 bits per heavy atom. The van der Waals surface area contributed by atoms with Gasteiger partial charge in [0.15, 0.2) is 0 Å². The number of rotatable bonds is 13. The van der Waals surface area contributed by atoms with E-state index in [4.69, 9.17) is 19.5 Å². The van der Waals surface area contributed by atoms with Crippen LogP contribution in [0.4, 0.5) is 9.18 Å². The number of halogens is 1. The summed E-state index contributed by atoms with van der Waals surface area (Å²) in [5, 5.41) is 12.1. The number of methoxy groups -OCH3 is 1. The highest BCUT2D eigenvalue weighted by Crippen LogP contribution is 2.27. The molecule has 2 aliphatic rings. The molecular formula is C37H48FN5O7. The quantitative estimate of drug-likeness (QED) is 0.270. The number of nitriles is 1. The van der Waals surface area contributed by atoms with Gasteiger partial charge in [0.1, 0.15) is 29.8 Å². The Hall–Kier alpha value is -4.73. The standard InChI is InChI=1S/C37H48FN5O7/c1-5-37(2,3)50-36(47)42-15-12-25(13-16-42)9-11-33(44)43-14-6-7-27(23-43)35(46)41-32(19-34(45)48-4)29-18-30(22-40-21-29)49-24-26-8-10-31(38)28(17-26)20-39/h8,10,17-18,21-22,25,27,32H,5-7,9,11-16,19,23-24H2,1-4H3,(H,41,46). The molecule has 270 valence electrons. The van der Waals surface area contributed by atoms with E-state index in [-0.39, 0.29) is 43.0 Å². The van der Waals surface area contributed by atoms with Gasteiger partial charge < -0.3 is 29.3 Å². The van der Waals surface area contributed by atoms with Crippen molar-refractivity contribution in [1.82, 2.24) is 20.1 Å². The molecule has 2 atom stereocenters. The summed E-state index contributed by atoms with van der Waals surface area (Å²) in [6.45, 7) is 7.92. The van der Waals surface area contributed by atoms with E-state index in [1.807, 2.05) is 20.8 Å². The Bertz CT molecular complexity index is 1550. The van der Waals surface area contributed by atoms with Gasteiger partial charge in [0.25, 0.3) is 0 Å². The number of carbonyl (C=O) groups is 4. The second-order valence-corrected chi connectivity index (χ2v) is 13.6. The summed E-state index contributed by atoms with van der Waals surface area (Å²) in [7, 11) is 1.27. The molecule has 0 aliphatic carbocycles. The van der Waals surface area contributed by atoms with Crippen molar-refractivity contribution in [3.63, 3.8) is 0 Å². The number of carbonyl (C=O) groups excluding carboxylic acids is 4. The number of hydrogen-bond donors (Lipinski definition) is 1. The number of benzene rings is 1. The highest BCUT2D eigenvalue weighted by Gasteiger charge is 2.32. The first-order valence-corrected chi connectivity index (χ1v) is 17.3. The Kier molecular flexibility index (Phi) is 13.5. The highest BCUT2D eigenvalue weighted by atomic mass is 19.1. The van der Waals surface area contributed by atoms with Gasteiger partial charge in [0.2, 0.25) is 11.8 Å². The van der Waals surface area contributed by atoms with Crippen LogP contribution in [0.15, 0.2) is 36.7 Å². The summed E-state index contributed by atoms with van der Waals surface area (Å²) in [5.74, 6) is -1.16. The van der Waals surface area contributed by atoms with Gasteiger partial charge in [0.05, 0.1) is 37.3 Å². The van der Waals surface area contributed by atoms with E-state index in [1.165, 1.54) is 37.7 Å². The van der Waals surface area contributed by atoms with E-state index in [0.29, 0.717) is 61.7 Å². The van der Waals surface area contributed by atoms with Crippen molar-refractivity contribution in [3.8, 4) is 11.8 Å². The van der Waals surface area contributed by atoms with Crippen molar-refractivity contribution in [1.29, 1.82) is 5.26 Å². The Morgan fingerprint density at radius 3 is 2.56 bits per heavy atom. The fourth-order valence-electron chi connectivity index (χ4n) is 6.09. The summed E-state index contributed by atoms with van der Waals surface area (Å²) in [6, 6.07) is 6.83. The summed E-state index contributed by atoms with van der Waals surface area (Å²) in [6.07, 6.45) is 7.34. The van der Waals surface area contributed by atoms with E-state index in [0.717, 1.165) is 25.7 Å². The van der Waals surface area contributed by atoms with Crippen LogP contribution in [0.5, 0.6) is 5.75 Å². The van der Waals surface area contributed by atoms with E-state index >= 15 is 0 Å². The second kappa shape index (κ2) is 17.8. The lowest BCUT2D eigenvalue weighted by molar-refractivity contribution is -0.141. The molecule has 50 heavy (non-hydrogen) atoms. The van der Waals surface area contributed by atoms with E-state index < -0.39 is 29.3 Å². The van der Waals surface area contributed by atoms with Crippen LogP contribution >= 0.6 is 0 Å². The van der Waals surface area contributed by atoms with Crippen LogP contribution in [0, 0.1) is 29.0 Å². The molecule has 0 spiro atoms. The molecule has 1 aromatic carbocycles. The molecule has 2 fully saturated rings. The minimum Gasteiger partial charge on any atom is -0.487 e. The smallest absolute Gasteiger partial charge is 0.410 e. The number of nitrogens with zero attached hydrogens (tertiary/aromatic N) is 4. The Labute approximate surface area is 293 Å². The van der Waals surface area contributed by atoms with E-state index in [2.05, 4.69) is 10.3 Å². The maximum Gasteiger partial charge on any atom is 0.410 e. The van der Waals surface area contributed by atoms with Crippen LogP contribution in [-0.4, -0.2) is 77.6 Å². The zero-order chi connectivity index (χ0) is 36.3. The fourth-order valence-corrected chi connectivity index (χ4v) is 6.09. The molecule has 12 nitrogen and oxygen atoms in total. The molecule has 2 unspecified atom stereocenters. The number of likely N-dealkylation sites (tertiary alicyclic amines) is 2. The van der Waals surface area contributed by atoms with Crippen molar-refractivity contribution >= 4 is 23.9 Å². The number of nitrogens with one attached hydrogen (secondary N) is 1. The molecule has 4 rings (SSSR count). The van der Waals surface area contributed by atoms with Crippen LogP contribution in [0.2, 0.25) is 0 Å². The number of pyridine rings is 1. The number of piperidine rings is 2. The molecule has 0 radical (unpaired) electrons. The minimum atomic E-state index is -0.760. The van der Waals surface area contributed by atoms with Gasteiger partial charge in [-0.3, -0.25) is 19.4 Å². The molecule has 0 bridgehead atoms. The number of hydrogen-bond acceptors (Lipinski definition) is 9. The first kappa shape index (κ1) is 38.1. The van der Waals surface area contributed by atoms with E-state index in [9.17, 15) is 23.6 Å². The third-order valence-electron chi connectivity index (χ3n) is 9.61. The summed E-state index contributed by atoms with van der Waals surface area (Å²) < 4.78 is 30.1. The van der Waals surface area contributed by atoms with Gasteiger partial charge in [-0.25, -0.2) is 9.18 Å². The van der Waals surface area contributed by atoms with Crippen LogP contribution in [0.25, 0.3) is 0 Å². The van der Waals surface area contributed by atoms with Crippen molar-refractivity contribution < 1.29 is 37.8 Å². The SMILES string of the molecule is CCC(C)(C)OC(=O)N1CCC(CCC(=O)N2CCCC(C(=O)NC(CC(=O)OC)c3cncc(OCc4ccc(F)c(C#N)c4)c3)C2)CC1. The lowest BCUT2D eigenvalue weighted by Crippen LogP contribution is -2.46. The van der Waals surface area contributed by atoms with Crippen molar-refractivity contribution in [2.75, 3.05) is 33.3 Å². The summed E-state index contributed by atoms with van der Waals surface area (Å²) >= 11 is 0. The average Bonchev–Trinajstić information content (AvgIpc) is 3.13. The summed E-state index contributed by atoms with van der Waals surface area (Å²) in [5.41, 5.74) is 0.523. The topological polar surface area (TPSA) is 151 Å². The van der Waals surface area contributed by atoms with Crippen LogP contribution in [0.3, 0.4) is 0 Å². The number of esters is 1. The zero-order valence-electron chi connectivity index (χ0n) is 29.4. The average molecular weight is 694 g/mol. The molecule has 0 saturated carbocycles. The van der Waals surface area contributed by atoms with Gasteiger partial charge in [-0.1, -0.05) is 13.0 Å². The lowest BCUT2D eigenvalue weighted by atomic mass is 9.91. The minimum absolute atomic E-state index is 0.0113. The number of ether oxygens (including phenoxy) is 3. The van der Waals surface area contributed by atoms with Gasteiger partial charge in [-0.2, -0.15) is 5.26 Å². The highest BCUT2D eigenvalue weighted by molar-refractivity contribution is 5.82. The first-order valence-electron chi connectivity index (χ1n) is 17.3. The summed E-state index contributed by atoms with van der Waals surface area (Å²) in [4.78, 5) is 59.4. The third-order valence-corrected chi connectivity index (χ3v) is 9.61. The number of amides is 3. The molecular weight excluding hydrogens is 645 g/mol. The van der Waals surface area contributed by atoms with Crippen molar-refractivity contribution in [3.05, 3.63) is 59.2 Å². The van der Waals surface area contributed by atoms with Gasteiger partial charge in [0, 0.05) is 38.8 Å². The normalized spacial score (nSPS) is 17.3. The maximum absolute atomic E-state index is 13.7. The zero-order valence-corrected chi connectivity index (χ0v) is 29.4. The monoisotopic (exact) mass is 693 g/mol. The van der Waals surface area contributed by atoms with E-state index in [1.54, 1.807) is 21.9 Å². The molecule has 1 aromatic heterocycles. The molecule has 2 aliphatic heterocycles. The van der Waals surface area contributed by atoms with Crippen LogP contribution in [-0.2, 0) is 30.5 Å². The number of aromatic nitrogens is 1. The predicted octanol–water partition coefficient (Wildman–Crippen LogP) is 5.45. The molecule has 1 N–H and O–H groups in total. The van der Waals surface area contributed by atoms with Crippen molar-refractivity contribution in [2.45, 2.75) is 90.4 Å². The fraction of sp³-hybridized carbons (Fsp3) is 0.568. The third kappa shape index (κ3) is 10.9. The molecule has 3 amide bonds. The molecule has 2 aromatic rings. The van der Waals surface area contributed by atoms with Crippen molar-refractivity contribution in [2.24, 2.45) is 11.8 Å². The first-order chi connectivity index (χ1) is 23.9. The lowest BCUT2D eigenvalue weighted by Gasteiger charge is -2.35. The largest absolute Gasteiger partial charge is 0.487 e. The molecule has 13 heteroatoms.